The number of nitrogens with one attached hydrogen (secondary N) is 1. The third kappa shape index (κ3) is 4.33. The summed E-state index contributed by atoms with van der Waals surface area (Å²) in [5, 5.41) is 3.43. The summed E-state index contributed by atoms with van der Waals surface area (Å²) in [6.07, 6.45) is 4.23. The van der Waals surface area contributed by atoms with Crippen molar-refractivity contribution in [3.05, 3.63) is 24.2 Å². The molecule has 1 aliphatic rings. The molecule has 0 radical (unpaired) electrons. The van der Waals surface area contributed by atoms with Crippen LogP contribution in [0.5, 0.6) is 0 Å². The predicted molar refractivity (Wildman–Crippen MR) is 82.9 cm³/mol. The van der Waals surface area contributed by atoms with Crippen molar-refractivity contribution in [1.82, 2.24) is 15.1 Å². The Balaban J connectivity index is 2.05. The molecule has 4 nitrogen and oxygen atoms in total. The quantitative estimate of drug-likeness (QED) is 0.791. The van der Waals surface area contributed by atoms with E-state index in [1.165, 1.54) is 25.9 Å². The van der Waals surface area contributed by atoms with Crippen molar-refractivity contribution in [2.75, 3.05) is 45.8 Å². The Morgan fingerprint density at radius 1 is 1.25 bits per heavy atom. The molecule has 1 aliphatic heterocycles. The van der Waals surface area contributed by atoms with Crippen molar-refractivity contribution >= 4 is 0 Å². The van der Waals surface area contributed by atoms with Crippen molar-refractivity contribution in [1.29, 1.82) is 0 Å². The van der Waals surface area contributed by atoms with E-state index >= 15 is 0 Å². The second-order valence-electron chi connectivity index (χ2n) is 5.62. The van der Waals surface area contributed by atoms with Gasteiger partial charge in [-0.1, -0.05) is 13.8 Å². The van der Waals surface area contributed by atoms with Crippen LogP contribution in [-0.2, 0) is 0 Å². The van der Waals surface area contributed by atoms with Crippen LogP contribution in [0.25, 0.3) is 0 Å². The van der Waals surface area contributed by atoms with Gasteiger partial charge in [0.2, 0.25) is 0 Å². The third-order valence-corrected chi connectivity index (χ3v) is 3.97. The Kier molecular flexibility index (Phi) is 6.57. The molecule has 0 aromatic carbocycles. The standard InChI is InChI=1S/C16H29N3O/c1-3-9-18(10-4-2)14-15(16-6-5-13-20-16)19-11-7-17-8-12-19/h5-6,13,15,17H,3-4,7-12,14H2,1-2H3. The van der Waals surface area contributed by atoms with Crippen molar-refractivity contribution in [3.8, 4) is 0 Å². The summed E-state index contributed by atoms with van der Waals surface area (Å²) in [6, 6.07) is 4.53. The van der Waals surface area contributed by atoms with E-state index in [1.54, 1.807) is 6.26 Å². The first kappa shape index (κ1) is 15.5. The van der Waals surface area contributed by atoms with Crippen LogP contribution < -0.4 is 5.32 Å². The summed E-state index contributed by atoms with van der Waals surface area (Å²) >= 11 is 0. The van der Waals surface area contributed by atoms with Gasteiger partial charge in [-0.05, 0) is 38.1 Å². The molecular weight excluding hydrogens is 250 g/mol. The average Bonchev–Trinajstić information content (AvgIpc) is 3.00. The van der Waals surface area contributed by atoms with Gasteiger partial charge in [0.05, 0.1) is 12.3 Å². The van der Waals surface area contributed by atoms with Gasteiger partial charge in [-0.3, -0.25) is 4.90 Å². The van der Waals surface area contributed by atoms with E-state index in [2.05, 4.69) is 35.0 Å². The molecule has 1 saturated heterocycles. The molecule has 1 N–H and O–H groups in total. The SMILES string of the molecule is CCCN(CCC)CC(c1ccco1)N1CCNCC1. The predicted octanol–water partition coefficient (Wildman–Crippen LogP) is 2.35. The summed E-state index contributed by atoms with van der Waals surface area (Å²) in [5.41, 5.74) is 0. The molecule has 1 aromatic rings. The van der Waals surface area contributed by atoms with Crippen LogP contribution in [-0.4, -0.2) is 55.6 Å². The molecule has 2 rings (SSSR count). The molecule has 1 aromatic heterocycles. The first-order valence-electron chi connectivity index (χ1n) is 8.05. The zero-order chi connectivity index (χ0) is 14.2. The van der Waals surface area contributed by atoms with Crippen molar-refractivity contribution in [3.63, 3.8) is 0 Å². The zero-order valence-corrected chi connectivity index (χ0v) is 13.0. The second kappa shape index (κ2) is 8.45. The number of hydrogen-bond acceptors (Lipinski definition) is 4. The second-order valence-corrected chi connectivity index (χ2v) is 5.62. The molecule has 20 heavy (non-hydrogen) atoms. The maximum Gasteiger partial charge on any atom is 0.122 e. The topological polar surface area (TPSA) is 31.7 Å². The molecule has 2 heterocycles. The molecule has 0 amide bonds. The summed E-state index contributed by atoms with van der Waals surface area (Å²) < 4.78 is 5.72. The highest BCUT2D eigenvalue weighted by Gasteiger charge is 2.26. The zero-order valence-electron chi connectivity index (χ0n) is 13.0. The van der Waals surface area contributed by atoms with Crippen LogP contribution in [0.3, 0.4) is 0 Å². The highest BCUT2D eigenvalue weighted by Crippen LogP contribution is 2.23. The van der Waals surface area contributed by atoms with Gasteiger partial charge in [0, 0.05) is 32.7 Å². The summed E-state index contributed by atoms with van der Waals surface area (Å²) in [5.74, 6) is 1.11. The van der Waals surface area contributed by atoms with E-state index in [1.807, 2.05) is 6.07 Å². The molecule has 1 atom stereocenters. The smallest absolute Gasteiger partial charge is 0.122 e. The lowest BCUT2D eigenvalue weighted by Gasteiger charge is -2.36. The van der Waals surface area contributed by atoms with Crippen molar-refractivity contribution in [2.45, 2.75) is 32.7 Å². The highest BCUT2D eigenvalue weighted by atomic mass is 16.3. The molecule has 1 fully saturated rings. The Morgan fingerprint density at radius 3 is 2.50 bits per heavy atom. The fourth-order valence-electron chi connectivity index (χ4n) is 3.03. The number of piperazine rings is 1. The molecule has 0 saturated carbocycles. The maximum atomic E-state index is 5.72. The van der Waals surface area contributed by atoms with Crippen molar-refractivity contribution in [2.24, 2.45) is 0 Å². The minimum Gasteiger partial charge on any atom is -0.468 e. The normalized spacial score (nSPS) is 18.6. The van der Waals surface area contributed by atoms with Crippen LogP contribution in [0, 0.1) is 0 Å². The number of hydrogen-bond donors (Lipinski definition) is 1. The first-order chi connectivity index (χ1) is 9.85. The van der Waals surface area contributed by atoms with Gasteiger partial charge in [0.25, 0.3) is 0 Å². The number of nitrogens with zero attached hydrogens (tertiary/aromatic N) is 2. The Labute approximate surface area is 123 Å². The summed E-state index contributed by atoms with van der Waals surface area (Å²) in [4.78, 5) is 5.14. The monoisotopic (exact) mass is 279 g/mol. The Bertz CT molecular complexity index is 341. The summed E-state index contributed by atoms with van der Waals surface area (Å²) in [7, 11) is 0. The lowest BCUT2D eigenvalue weighted by atomic mass is 10.1. The fraction of sp³-hybridized carbons (Fsp3) is 0.750. The van der Waals surface area contributed by atoms with Gasteiger partial charge in [0.1, 0.15) is 5.76 Å². The van der Waals surface area contributed by atoms with Crippen molar-refractivity contribution < 1.29 is 4.42 Å². The lowest BCUT2D eigenvalue weighted by Crippen LogP contribution is -2.48. The molecule has 0 bridgehead atoms. The molecule has 1 unspecified atom stereocenters. The lowest BCUT2D eigenvalue weighted by molar-refractivity contribution is 0.109. The molecular formula is C16H29N3O. The van der Waals surface area contributed by atoms with E-state index in [0.717, 1.165) is 38.5 Å². The van der Waals surface area contributed by atoms with Crippen LogP contribution >= 0.6 is 0 Å². The largest absolute Gasteiger partial charge is 0.468 e. The van der Waals surface area contributed by atoms with Crippen LogP contribution in [0.4, 0.5) is 0 Å². The average molecular weight is 279 g/mol. The molecule has 4 heteroatoms. The van der Waals surface area contributed by atoms with Gasteiger partial charge in [0.15, 0.2) is 0 Å². The first-order valence-corrected chi connectivity index (χ1v) is 8.05. The Morgan fingerprint density at radius 2 is 1.95 bits per heavy atom. The van der Waals surface area contributed by atoms with Gasteiger partial charge in [-0.15, -0.1) is 0 Å². The van der Waals surface area contributed by atoms with Crippen LogP contribution in [0.15, 0.2) is 22.8 Å². The van der Waals surface area contributed by atoms with Gasteiger partial charge in [-0.25, -0.2) is 0 Å². The third-order valence-electron chi connectivity index (χ3n) is 3.97. The van der Waals surface area contributed by atoms with E-state index in [0.29, 0.717) is 6.04 Å². The highest BCUT2D eigenvalue weighted by molar-refractivity contribution is 5.06. The fourth-order valence-corrected chi connectivity index (χ4v) is 3.03. The minimum absolute atomic E-state index is 0.394. The Hall–Kier alpha value is -0.840. The summed E-state index contributed by atoms with van der Waals surface area (Å²) in [6.45, 7) is 12.3. The maximum absolute atomic E-state index is 5.72. The van der Waals surface area contributed by atoms with Crippen LogP contribution in [0.2, 0.25) is 0 Å². The number of rotatable bonds is 8. The van der Waals surface area contributed by atoms with Crippen LogP contribution in [0.1, 0.15) is 38.5 Å². The van der Waals surface area contributed by atoms with E-state index < -0.39 is 0 Å². The minimum atomic E-state index is 0.394. The molecule has 114 valence electrons. The van der Waals surface area contributed by atoms with E-state index in [-0.39, 0.29) is 0 Å². The van der Waals surface area contributed by atoms with E-state index in [4.69, 9.17) is 4.42 Å². The van der Waals surface area contributed by atoms with Gasteiger partial charge in [-0.2, -0.15) is 0 Å². The molecule has 0 aliphatic carbocycles. The van der Waals surface area contributed by atoms with E-state index in [9.17, 15) is 0 Å². The van der Waals surface area contributed by atoms with Gasteiger partial charge < -0.3 is 14.6 Å². The number of furan rings is 1. The molecule has 0 spiro atoms. The van der Waals surface area contributed by atoms with Gasteiger partial charge >= 0.3 is 0 Å².